The van der Waals surface area contributed by atoms with Gasteiger partial charge in [0.2, 0.25) is 0 Å². The highest BCUT2D eigenvalue weighted by molar-refractivity contribution is 6.74. The van der Waals surface area contributed by atoms with Crippen LogP contribution in [-0.2, 0) is 4.43 Å². The molecule has 3 N–H and O–H groups in total. The van der Waals surface area contributed by atoms with Crippen molar-refractivity contribution in [3.63, 3.8) is 0 Å². The quantitative estimate of drug-likeness (QED) is 0.692. The summed E-state index contributed by atoms with van der Waals surface area (Å²) in [7, 11) is -1.64. The Kier molecular flexibility index (Phi) is 5.29. The molecule has 0 saturated heterocycles. The van der Waals surface area contributed by atoms with Gasteiger partial charge in [0.05, 0.1) is 6.10 Å². The fourth-order valence-corrected chi connectivity index (χ4v) is 1.85. The minimum atomic E-state index is -1.64. The lowest BCUT2D eigenvalue weighted by Gasteiger charge is -2.36. The van der Waals surface area contributed by atoms with Crippen molar-refractivity contribution in [2.45, 2.75) is 51.4 Å². The highest BCUT2D eigenvalue weighted by atomic mass is 28.4. The minimum Gasteiger partial charge on any atom is -0.417 e. The summed E-state index contributed by atoms with van der Waals surface area (Å²) in [4.78, 5) is 0. The first-order chi connectivity index (χ1) is 6.20. The summed E-state index contributed by atoms with van der Waals surface area (Å²) in [5.74, 6) is 0. The molecular weight excluding hydrogens is 194 g/mol. The van der Waals surface area contributed by atoms with E-state index in [0.717, 1.165) is 0 Å². The van der Waals surface area contributed by atoms with E-state index in [2.05, 4.69) is 33.9 Å². The van der Waals surface area contributed by atoms with Crippen LogP contribution in [0.2, 0.25) is 18.1 Å². The first-order valence-electron chi connectivity index (χ1n) is 5.23. The lowest BCUT2D eigenvalue weighted by Crippen LogP contribution is -2.41. The van der Waals surface area contributed by atoms with Crippen LogP contribution in [0.1, 0.15) is 27.2 Å². The number of rotatable bonds is 5. The highest BCUT2D eigenvalue weighted by Crippen LogP contribution is 2.36. The van der Waals surface area contributed by atoms with Gasteiger partial charge in [0, 0.05) is 13.2 Å². The summed E-state index contributed by atoms with van der Waals surface area (Å²) in [5.41, 5.74) is 5.31. The lowest BCUT2D eigenvalue weighted by atomic mass is 10.2. The van der Waals surface area contributed by atoms with Crippen molar-refractivity contribution in [1.82, 2.24) is 0 Å². The van der Waals surface area contributed by atoms with Gasteiger partial charge in [0.1, 0.15) is 0 Å². The Balaban J connectivity index is 3.89. The van der Waals surface area contributed by atoms with Crippen LogP contribution >= 0.6 is 0 Å². The SMILES string of the molecule is CC(C)(C)[Si](C)(C)OCCC(O)CN. The molecule has 0 aliphatic heterocycles. The Bertz CT molecular complexity index is 166. The summed E-state index contributed by atoms with van der Waals surface area (Å²) in [6, 6.07) is 0. The number of nitrogens with two attached hydrogens (primary N) is 1. The molecule has 4 heteroatoms. The molecule has 86 valence electrons. The highest BCUT2D eigenvalue weighted by Gasteiger charge is 2.36. The van der Waals surface area contributed by atoms with Crippen LogP contribution in [-0.4, -0.2) is 32.7 Å². The summed E-state index contributed by atoms with van der Waals surface area (Å²) < 4.78 is 5.89. The first kappa shape index (κ1) is 14.1. The van der Waals surface area contributed by atoms with E-state index in [1.165, 1.54) is 0 Å². The third-order valence-electron chi connectivity index (χ3n) is 2.99. The number of hydrogen-bond donors (Lipinski definition) is 2. The number of aliphatic hydroxyl groups is 1. The van der Waals surface area contributed by atoms with E-state index < -0.39 is 14.4 Å². The second-order valence-electron chi connectivity index (χ2n) is 5.29. The van der Waals surface area contributed by atoms with E-state index in [0.29, 0.717) is 19.6 Å². The molecule has 0 aromatic rings. The molecule has 0 rings (SSSR count). The predicted molar refractivity (Wildman–Crippen MR) is 62.8 cm³/mol. The van der Waals surface area contributed by atoms with Crippen molar-refractivity contribution in [1.29, 1.82) is 0 Å². The Morgan fingerprint density at radius 2 is 1.86 bits per heavy atom. The molecule has 0 heterocycles. The molecule has 14 heavy (non-hydrogen) atoms. The molecule has 0 aliphatic rings. The molecule has 0 spiro atoms. The molecule has 0 amide bonds. The molecule has 0 saturated carbocycles. The van der Waals surface area contributed by atoms with Crippen LogP contribution in [0.25, 0.3) is 0 Å². The summed E-state index contributed by atoms with van der Waals surface area (Å²) in [6.45, 7) is 12.0. The van der Waals surface area contributed by atoms with Crippen LogP contribution in [0.4, 0.5) is 0 Å². The summed E-state index contributed by atoms with van der Waals surface area (Å²) in [5, 5.41) is 9.50. The molecule has 1 atom stereocenters. The van der Waals surface area contributed by atoms with Crippen molar-refractivity contribution in [3.8, 4) is 0 Å². The van der Waals surface area contributed by atoms with Gasteiger partial charge in [0.15, 0.2) is 8.32 Å². The van der Waals surface area contributed by atoms with Gasteiger partial charge < -0.3 is 15.3 Å². The fraction of sp³-hybridized carbons (Fsp3) is 1.00. The van der Waals surface area contributed by atoms with Crippen LogP contribution in [0, 0.1) is 0 Å². The predicted octanol–water partition coefficient (Wildman–Crippen LogP) is 1.72. The van der Waals surface area contributed by atoms with Crippen molar-refractivity contribution in [3.05, 3.63) is 0 Å². The maximum Gasteiger partial charge on any atom is 0.191 e. The van der Waals surface area contributed by atoms with Gasteiger partial charge in [-0.3, -0.25) is 0 Å². The third kappa shape index (κ3) is 4.55. The fourth-order valence-electron chi connectivity index (χ4n) is 0.784. The van der Waals surface area contributed by atoms with E-state index in [1.54, 1.807) is 0 Å². The normalized spacial score (nSPS) is 15.6. The average molecular weight is 219 g/mol. The van der Waals surface area contributed by atoms with Crippen LogP contribution < -0.4 is 5.73 Å². The van der Waals surface area contributed by atoms with E-state index >= 15 is 0 Å². The molecule has 0 fully saturated rings. The lowest BCUT2D eigenvalue weighted by molar-refractivity contribution is 0.141. The topological polar surface area (TPSA) is 55.5 Å². The van der Waals surface area contributed by atoms with Crippen molar-refractivity contribution >= 4 is 8.32 Å². The van der Waals surface area contributed by atoms with Crippen LogP contribution in [0.5, 0.6) is 0 Å². The summed E-state index contributed by atoms with van der Waals surface area (Å²) in [6.07, 6.45) is 0.225. The standard InChI is InChI=1S/C10H25NO2Si/c1-10(2,3)14(4,5)13-7-6-9(12)8-11/h9,12H,6-8,11H2,1-5H3. The molecule has 0 bridgehead atoms. The molecule has 0 aliphatic carbocycles. The smallest absolute Gasteiger partial charge is 0.191 e. The number of hydrogen-bond acceptors (Lipinski definition) is 3. The third-order valence-corrected chi connectivity index (χ3v) is 7.53. The molecule has 0 aromatic heterocycles. The second kappa shape index (κ2) is 5.26. The van der Waals surface area contributed by atoms with Gasteiger partial charge in [0.25, 0.3) is 0 Å². The van der Waals surface area contributed by atoms with Gasteiger partial charge in [-0.15, -0.1) is 0 Å². The molecular formula is C10H25NO2Si. The Labute approximate surface area is 88.8 Å². The van der Waals surface area contributed by atoms with Crippen molar-refractivity contribution in [2.24, 2.45) is 5.73 Å². The second-order valence-corrected chi connectivity index (χ2v) is 10.1. The van der Waals surface area contributed by atoms with E-state index in [-0.39, 0.29) is 5.04 Å². The van der Waals surface area contributed by atoms with Gasteiger partial charge >= 0.3 is 0 Å². The molecule has 1 unspecified atom stereocenters. The number of aliphatic hydroxyl groups excluding tert-OH is 1. The van der Waals surface area contributed by atoms with E-state index in [9.17, 15) is 5.11 Å². The molecule has 0 radical (unpaired) electrons. The average Bonchev–Trinajstić information content (AvgIpc) is 2.01. The van der Waals surface area contributed by atoms with Gasteiger partial charge in [-0.05, 0) is 24.6 Å². The first-order valence-corrected chi connectivity index (χ1v) is 8.13. The van der Waals surface area contributed by atoms with Gasteiger partial charge in [-0.1, -0.05) is 20.8 Å². The van der Waals surface area contributed by atoms with E-state index in [1.807, 2.05) is 0 Å². The zero-order valence-corrected chi connectivity index (χ0v) is 11.1. The molecule has 0 aromatic carbocycles. The zero-order chi connectivity index (χ0) is 11.4. The Morgan fingerprint density at radius 1 is 1.36 bits per heavy atom. The van der Waals surface area contributed by atoms with Crippen LogP contribution in [0.15, 0.2) is 0 Å². The van der Waals surface area contributed by atoms with Gasteiger partial charge in [-0.25, -0.2) is 0 Å². The van der Waals surface area contributed by atoms with Gasteiger partial charge in [-0.2, -0.15) is 0 Å². The molecule has 3 nitrogen and oxygen atoms in total. The van der Waals surface area contributed by atoms with E-state index in [4.69, 9.17) is 10.2 Å². The van der Waals surface area contributed by atoms with Crippen molar-refractivity contribution in [2.75, 3.05) is 13.2 Å². The monoisotopic (exact) mass is 219 g/mol. The summed E-state index contributed by atoms with van der Waals surface area (Å²) >= 11 is 0. The Morgan fingerprint density at radius 3 is 2.21 bits per heavy atom. The minimum absolute atomic E-state index is 0.237. The zero-order valence-electron chi connectivity index (χ0n) is 10.1. The maximum absolute atomic E-state index is 9.27. The van der Waals surface area contributed by atoms with Crippen LogP contribution in [0.3, 0.4) is 0 Å². The largest absolute Gasteiger partial charge is 0.417 e. The maximum atomic E-state index is 9.27. The van der Waals surface area contributed by atoms with Crippen molar-refractivity contribution < 1.29 is 9.53 Å². The Hall–Kier alpha value is 0.0969.